The number of hydrogen-bond donors (Lipinski definition) is 2. The molecule has 0 aromatic carbocycles. The molecule has 1 aromatic rings. The standard InChI is InChI=1S/C16H27N7.HI/c17-15(21-14-4-1-2-5-14)18-8-9-22-10-12-23(13-11-22)16-19-6-3-7-20-16;/h3,6-7,14H,1-2,4-5,8-13H2,(H3,17,18,21);1H. The summed E-state index contributed by atoms with van der Waals surface area (Å²) in [7, 11) is 0. The maximum Gasteiger partial charge on any atom is 0.225 e. The number of aromatic nitrogens is 2. The summed E-state index contributed by atoms with van der Waals surface area (Å²) in [6.07, 6.45) is 8.65. The third-order valence-electron chi connectivity index (χ3n) is 4.61. The lowest BCUT2D eigenvalue weighted by atomic mass is 10.2. The first kappa shape index (κ1) is 19.2. The monoisotopic (exact) mass is 445 g/mol. The number of halogens is 1. The van der Waals surface area contributed by atoms with E-state index in [1.165, 1.54) is 25.7 Å². The van der Waals surface area contributed by atoms with E-state index in [0.717, 1.165) is 45.2 Å². The Labute approximate surface area is 161 Å². The minimum Gasteiger partial charge on any atom is -0.370 e. The zero-order valence-electron chi connectivity index (χ0n) is 14.1. The van der Waals surface area contributed by atoms with Gasteiger partial charge in [-0.1, -0.05) is 12.8 Å². The summed E-state index contributed by atoms with van der Waals surface area (Å²) in [5.74, 6) is 1.43. The minimum absolute atomic E-state index is 0. The van der Waals surface area contributed by atoms with Crippen LogP contribution in [0.4, 0.5) is 5.95 Å². The van der Waals surface area contributed by atoms with Gasteiger partial charge in [-0.3, -0.25) is 9.89 Å². The van der Waals surface area contributed by atoms with E-state index in [2.05, 4.69) is 30.1 Å². The second-order valence-electron chi connectivity index (χ2n) is 6.27. The number of nitrogens with zero attached hydrogens (tertiary/aromatic N) is 5. The van der Waals surface area contributed by atoms with E-state index in [1.807, 2.05) is 6.07 Å². The summed E-state index contributed by atoms with van der Waals surface area (Å²) in [4.78, 5) is 17.7. The number of nitrogens with one attached hydrogen (secondary N) is 1. The molecule has 0 amide bonds. The second kappa shape index (κ2) is 9.97. The Bertz CT molecular complexity index is 496. The molecule has 0 spiro atoms. The van der Waals surface area contributed by atoms with E-state index in [-0.39, 0.29) is 24.0 Å². The van der Waals surface area contributed by atoms with E-state index >= 15 is 0 Å². The highest BCUT2D eigenvalue weighted by atomic mass is 127. The molecule has 7 nitrogen and oxygen atoms in total. The highest BCUT2D eigenvalue weighted by Crippen LogP contribution is 2.17. The predicted molar refractivity (Wildman–Crippen MR) is 108 cm³/mol. The van der Waals surface area contributed by atoms with Crippen molar-refractivity contribution in [2.75, 3.05) is 44.2 Å². The van der Waals surface area contributed by atoms with Crippen molar-refractivity contribution in [2.45, 2.75) is 31.7 Å². The van der Waals surface area contributed by atoms with Gasteiger partial charge in [0.2, 0.25) is 5.95 Å². The molecule has 3 N–H and O–H groups in total. The molecule has 0 unspecified atom stereocenters. The van der Waals surface area contributed by atoms with Crippen molar-refractivity contribution in [1.29, 1.82) is 0 Å². The zero-order chi connectivity index (χ0) is 15.9. The summed E-state index contributed by atoms with van der Waals surface area (Å²) in [6.45, 7) is 5.67. The lowest BCUT2D eigenvalue weighted by Crippen LogP contribution is -2.47. The average molecular weight is 445 g/mol. The molecule has 1 saturated carbocycles. The van der Waals surface area contributed by atoms with Gasteiger partial charge in [0.1, 0.15) is 0 Å². The van der Waals surface area contributed by atoms with Gasteiger partial charge in [-0.25, -0.2) is 9.97 Å². The molecule has 2 fully saturated rings. The van der Waals surface area contributed by atoms with E-state index in [4.69, 9.17) is 5.73 Å². The summed E-state index contributed by atoms with van der Waals surface area (Å²) in [5, 5.41) is 3.33. The van der Waals surface area contributed by atoms with Crippen molar-refractivity contribution < 1.29 is 0 Å². The molecule has 2 heterocycles. The number of guanidine groups is 1. The van der Waals surface area contributed by atoms with Crippen LogP contribution in [0.25, 0.3) is 0 Å². The van der Waals surface area contributed by atoms with E-state index in [1.54, 1.807) is 12.4 Å². The van der Waals surface area contributed by atoms with Crippen LogP contribution in [0.1, 0.15) is 25.7 Å². The highest BCUT2D eigenvalue weighted by molar-refractivity contribution is 14.0. The van der Waals surface area contributed by atoms with E-state index in [0.29, 0.717) is 12.0 Å². The molecule has 1 aromatic heterocycles. The first-order valence-electron chi connectivity index (χ1n) is 8.62. The molecule has 24 heavy (non-hydrogen) atoms. The van der Waals surface area contributed by atoms with Crippen molar-refractivity contribution in [2.24, 2.45) is 10.7 Å². The number of rotatable bonds is 5. The van der Waals surface area contributed by atoms with Crippen molar-refractivity contribution in [1.82, 2.24) is 20.2 Å². The van der Waals surface area contributed by atoms with Crippen molar-refractivity contribution in [3.05, 3.63) is 18.5 Å². The summed E-state index contributed by atoms with van der Waals surface area (Å²) in [5.41, 5.74) is 5.96. The number of piperazine rings is 1. The number of hydrogen-bond acceptors (Lipinski definition) is 5. The summed E-state index contributed by atoms with van der Waals surface area (Å²) >= 11 is 0. The Hall–Kier alpha value is -1.16. The molecular formula is C16H28IN7. The lowest BCUT2D eigenvalue weighted by molar-refractivity contribution is 0.264. The molecule has 0 radical (unpaired) electrons. The lowest BCUT2D eigenvalue weighted by Gasteiger charge is -2.34. The Morgan fingerprint density at radius 3 is 2.50 bits per heavy atom. The predicted octanol–water partition coefficient (Wildman–Crippen LogP) is 1.06. The van der Waals surface area contributed by atoms with Gasteiger partial charge in [-0.15, -0.1) is 24.0 Å². The fraction of sp³-hybridized carbons (Fsp3) is 0.688. The van der Waals surface area contributed by atoms with E-state index < -0.39 is 0 Å². The zero-order valence-corrected chi connectivity index (χ0v) is 16.4. The molecule has 1 saturated heterocycles. The topological polar surface area (TPSA) is 82.7 Å². The molecule has 134 valence electrons. The SMILES string of the molecule is I.NC(=NCCN1CCN(c2ncccn2)CC1)NC1CCCC1. The average Bonchev–Trinajstić information content (AvgIpc) is 3.09. The Kier molecular flexibility index (Phi) is 7.97. The maximum absolute atomic E-state index is 5.96. The first-order valence-corrected chi connectivity index (χ1v) is 8.62. The van der Waals surface area contributed by atoms with Gasteiger partial charge in [0.15, 0.2) is 5.96 Å². The van der Waals surface area contributed by atoms with Gasteiger partial charge >= 0.3 is 0 Å². The number of nitrogens with two attached hydrogens (primary N) is 1. The molecule has 1 aliphatic heterocycles. The van der Waals surface area contributed by atoms with Crippen LogP contribution in [0.15, 0.2) is 23.5 Å². The van der Waals surface area contributed by atoms with Crippen LogP contribution in [-0.4, -0.2) is 66.1 Å². The van der Waals surface area contributed by atoms with Gasteiger partial charge < -0.3 is 16.0 Å². The first-order chi connectivity index (χ1) is 11.3. The quantitative estimate of drug-likeness (QED) is 0.401. The van der Waals surface area contributed by atoms with Crippen LogP contribution < -0.4 is 16.0 Å². The van der Waals surface area contributed by atoms with Gasteiger partial charge in [-0.2, -0.15) is 0 Å². The molecule has 0 atom stereocenters. The number of aliphatic imine (C=N–C) groups is 1. The highest BCUT2D eigenvalue weighted by Gasteiger charge is 2.18. The summed E-state index contributed by atoms with van der Waals surface area (Å²) < 4.78 is 0. The fourth-order valence-corrected chi connectivity index (χ4v) is 3.26. The third kappa shape index (κ3) is 5.73. The van der Waals surface area contributed by atoms with Crippen LogP contribution >= 0.6 is 24.0 Å². The van der Waals surface area contributed by atoms with Crippen molar-refractivity contribution in [3.8, 4) is 0 Å². The van der Waals surface area contributed by atoms with Gasteiger partial charge in [0, 0.05) is 51.2 Å². The molecule has 3 rings (SSSR count). The largest absolute Gasteiger partial charge is 0.370 e. The van der Waals surface area contributed by atoms with Crippen LogP contribution in [0, 0.1) is 0 Å². The smallest absolute Gasteiger partial charge is 0.225 e. The maximum atomic E-state index is 5.96. The summed E-state index contributed by atoms with van der Waals surface area (Å²) in [6, 6.07) is 2.38. The fourth-order valence-electron chi connectivity index (χ4n) is 3.26. The van der Waals surface area contributed by atoms with Crippen LogP contribution in [0.2, 0.25) is 0 Å². The van der Waals surface area contributed by atoms with Gasteiger partial charge in [-0.05, 0) is 18.9 Å². The normalized spacial score (nSPS) is 20.0. The van der Waals surface area contributed by atoms with Crippen molar-refractivity contribution >= 4 is 35.9 Å². The van der Waals surface area contributed by atoms with Crippen LogP contribution in [0.5, 0.6) is 0 Å². The van der Waals surface area contributed by atoms with E-state index in [9.17, 15) is 0 Å². The Morgan fingerprint density at radius 1 is 1.17 bits per heavy atom. The molecule has 2 aliphatic rings. The Morgan fingerprint density at radius 2 is 1.83 bits per heavy atom. The van der Waals surface area contributed by atoms with Crippen LogP contribution in [-0.2, 0) is 0 Å². The molecule has 0 bridgehead atoms. The molecule has 8 heteroatoms. The minimum atomic E-state index is 0. The number of anilines is 1. The molecular weight excluding hydrogens is 417 g/mol. The van der Waals surface area contributed by atoms with Gasteiger partial charge in [0.25, 0.3) is 0 Å². The van der Waals surface area contributed by atoms with Gasteiger partial charge in [0.05, 0.1) is 6.54 Å². The second-order valence-corrected chi connectivity index (χ2v) is 6.27. The Balaban J connectivity index is 0.00000208. The van der Waals surface area contributed by atoms with Crippen molar-refractivity contribution in [3.63, 3.8) is 0 Å². The molecule has 1 aliphatic carbocycles. The third-order valence-corrected chi connectivity index (χ3v) is 4.61. The van der Waals surface area contributed by atoms with Crippen LogP contribution in [0.3, 0.4) is 0 Å².